The van der Waals surface area contributed by atoms with Crippen molar-refractivity contribution in [2.75, 3.05) is 12.3 Å². The second-order valence-electron chi connectivity index (χ2n) is 4.89. The molecule has 2 N–H and O–H groups in total. The zero-order valence-electron chi connectivity index (χ0n) is 12.5. The van der Waals surface area contributed by atoms with E-state index in [0.29, 0.717) is 24.9 Å². The van der Waals surface area contributed by atoms with Crippen molar-refractivity contribution >= 4 is 21.7 Å². The normalized spacial score (nSPS) is 11.1. The number of carbonyl (C=O) groups is 2. The van der Waals surface area contributed by atoms with Crippen molar-refractivity contribution in [2.45, 2.75) is 37.5 Å². The van der Waals surface area contributed by atoms with Gasteiger partial charge in [0.05, 0.1) is 10.6 Å². The monoisotopic (exact) mass is 327 g/mol. The van der Waals surface area contributed by atoms with Gasteiger partial charge < -0.3 is 10.4 Å². The maximum atomic E-state index is 11.9. The molecule has 122 valence electrons. The molecule has 0 saturated heterocycles. The second kappa shape index (κ2) is 8.53. The van der Waals surface area contributed by atoms with Crippen LogP contribution in [0.4, 0.5) is 0 Å². The fourth-order valence-electron chi connectivity index (χ4n) is 1.86. The Morgan fingerprint density at radius 2 is 1.73 bits per heavy atom. The number of carboxylic acids is 1. The van der Waals surface area contributed by atoms with Crippen LogP contribution in [0, 0.1) is 0 Å². The molecule has 0 fully saturated rings. The van der Waals surface area contributed by atoms with Gasteiger partial charge in [-0.1, -0.05) is 13.3 Å². The van der Waals surface area contributed by atoms with Crippen LogP contribution in [-0.4, -0.2) is 37.7 Å². The van der Waals surface area contributed by atoms with Crippen molar-refractivity contribution in [1.82, 2.24) is 5.32 Å². The number of unbranched alkanes of at least 4 members (excludes halogenated alkanes) is 2. The van der Waals surface area contributed by atoms with E-state index < -0.39 is 15.8 Å². The van der Waals surface area contributed by atoms with E-state index in [-0.39, 0.29) is 23.0 Å². The summed E-state index contributed by atoms with van der Waals surface area (Å²) in [7, 11) is -3.25. The van der Waals surface area contributed by atoms with Gasteiger partial charge in [0.2, 0.25) is 0 Å². The van der Waals surface area contributed by atoms with Crippen molar-refractivity contribution < 1.29 is 23.1 Å². The van der Waals surface area contributed by atoms with E-state index in [4.69, 9.17) is 5.11 Å². The lowest BCUT2D eigenvalue weighted by Gasteiger charge is -2.06. The van der Waals surface area contributed by atoms with Gasteiger partial charge in [-0.25, -0.2) is 8.42 Å². The van der Waals surface area contributed by atoms with Gasteiger partial charge in [-0.3, -0.25) is 9.59 Å². The number of aliphatic carboxylic acids is 1. The van der Waals surface area contributed by atoms with Gasteiger partial charge in [-0.15, -0.1) is 0 Å². The molecule has 0 bridgehead atoms. The fraction of sp³-hybridized carbons (Fsp3) is 0.467. The van der Waals surface area contributed by atoms with Crippen LogP contribution >= 0.6 is 0 Å². The van der Waals surface area contributed by atoms with E-state index in [1.165, 1.54) is 24.3 Å². The van der Waals surface area contributed by atoms with Crippen LogP contribution in [0.1, 0.15) is 43.0 Å². The maximum Gasteiger partial charge on any atom is 0.303 e. The van der Waals surface area contributed by atoms with Crippen LogP contribution in [0.2, 0.25) is 0 Å². The number of benzene rings is 1. The molecular formula is C15H21NO5S. The number of hydrogen-bond acceptors (Lipinski definition) is 4. The van der Waals surface area contributed by atoms with E-state index in [1.807, 2.05) is 0 Å². The van der Waals surface area contributed by atoms with Gasteiger partial charge in [0.15, 0.2) is 9.84 Å². The third-order valence-electron chi connectivity index (χ3n) is 3.21. The van der Waals surface area contributed by atoms with Gasteiger partial charge in [-0.2, -0.15) is 0 Å². The lowest BCUT2D eigenvalue weighted by atomic mass is 10.2. The van der Waals surface area contributed by atoms with Gasteiger partial charge >= 0.3 is 5.97 Å². The summed E-state index contributed by atoms with van der Waals surface area (Å²) in [4.78, 5) is 22.4. The first-order chi connectivity index (χ1) is 10.4. The molecule has 7 heteroatoms. The molecule has 0 heterocycles. The third-order valence-corrected chi connectivity index (χ3v) is 4.96. The summed E-state index contributed by atoms with van der Waals surface area (Å²) in [6.45, 7) is 2.04. The molecule has 0 aliphatic carbocycles. The van der Waals surface area contributed by atoms with Gasteiger partial charge in [0.1, 0.15) is 0 Å². The van der Waals surface area contributed by atoms with E-state index in [0.717, 1.165) is 6.42 Å². The van der Waals surface area contributed by atoms with E-state index in [2.05, 4.69) is 5.32 Å². The maximum absolute atomic E-state index is 11.9. The predicted molar refractivity (Wildman–Crippen MR) is 82.6 cm³/mol. The first kappa shape index (κ1) is 18.2. The van der Waals surface area contributed by atoms with Crippen LogP contribution in [0.5, 0.6) is 0 Å². The first-order valence-electron chi connectivity index (χ1n) is 7.19. The Labute approximate surface area is 130 Å². The molecule has 0 atom stereocenters. The molecule has 6 nitrogen and oxygen atoms in total. The van der Waals surface area contributed by atoms with Gasteiger partial charge in [0, 0.05) is 18.5 Å². The topological polar surface area (TPSA) is 101 Å². The molecule has 0 aliphatic heterocycles. The standard InChI is InChI=1S/C15H21NO5S/c1-2-22(20,21)13-9-7-12(8-10-13)15(19)16-11-5-3-4-6-14(17)18/h7-10H,2-6,11H2,1H3,(H,16,19)(H,17,18). The molecular weight excluding hydrogens is 306 g/mol. The van der Waals surface area contributed by atoms with E-state index in [1.54, 1.807) is 6.92 Å². The third kappa shape index (κ3) is 5.85. The SMILES string of the molecule is CCS(=O)(=O)c1ccc(C(=O)NCCCCCC(=O)O)cc1. The molecule has 0 aromatic heterocycles. The Balaban J connectivity index is 2.42. The molecule has 0 saturated carbocycles. The van der Waals surface area contributed by atoms with E-state index in [9.17, 15) is 18.0 Å². The minimum absolute atomic E-state index is 0.0227. The molecule has 0 unspecified atom stereocenters. The number of carbonyl (C=O) groups excluding carboxylic acids is 1. The Kier molecular flexibility index (Phi) is 7.04. The molecule has 1 rings (SSSR count). The summed E-state index contributed by atoms with van der Waals surface area (Å²) in [6, 6.07) is 5.84. The fourth-order valence-corrected chi connectivity index (χ4v) is 2.75. The highest BCUT2D eigenvalue weighted by Crippen LogP contribution is 2.12. The molecule has 0 spiro atoms. The smallest absolute Gasteiger partial charge is 0.303 e. The average molecular weight is 327 g/mol. The average Bonchev–Trinajstić information content (AvgIpc) is 2.50. The van der Waals surface area contributed by atoms with Crippen LogP contribution in [0.3, 0.4) is 0 Å². The zero-order chi connectivity index (χ0) is 16.6. The summed E-state index contributed by atoms with van der Waals surface area (Å²) >= 11 is 0. The van der Waals surface area contributed by atoms with E-state index >= 15 is 0 Å². The van der Waals surface area contributed by atoms with Crippen molar-refractivity contribution in [3.05, 3.63) is 29.8 Å². The lowest BCUT2D eigenvalue weighted by molar-refractivity contribution is -0.137. The second-order valence-corrected chi connectivity index (χ2v) is 7.17. The summed E-state index contributed by atoms with van der Waals surface area (Å²) in [6.07, 6.45) is 2.18. The number of rotatable bonds is 9. The van der Waals surface area contributed by atoms with Crippen LogP contribution in [0.25, 0.3) is 0 Å². The van der Waals surface area contributed by atoms with Crippen LogP contribution in [-0.2, 0) is 14.6 Å². The van der Waals surface area contributed by atoms with Crippen LogP contribution in [0.15, 0.2) is 29.2 Å². The van der Waals surface area contributed by atoms with Crippen molar-refractivity contribution in [3.8, 4) is 0 Å². The highest BCUT2D eigenvalue weighted by atomic mass is 32.2. The highest BCUT2D eigenvalue weighted by Gasteiger charge is 2.12. The van der Waals surface area contributed by atoms with Crippen LogP contribution < -0.4 is 5.32 Å². The first-order valence-corrected chi connectivity index (χ1v) is 8.85. The Morgan fingerprint density at radius 3 is 2.27 bits per heavy atom. The number of sulfone groups is 1. The molecule has 1 aromatic carbocycles. The van der Waals surface area contributed by atoms with Crippen molar-refractivity contribution in [1.29, 1.82) is 0 Å². The summed E-state index contributed by atoms with van der Waals surface area (Å²) in [5, 5.41) is 11.2. The van der Waals surface area contributed by atoms with Gasteiger partial charge in [-0.05, 0) is 37.1 Å². The number of amides is 1. The molecule has 22 heavy (non-hydrogen) atoms. The summed E-state index contributed by atoms with van der Waals surface area (Å²) in [5.74, 6) is -1.06. The lowest BCUT2D eigenvalue weighted by Crippen LogP contribution is -2.24. The molecule has 0 radical (unpaired) electrons. The Bertz CT molecular complexity index is 607. The zero-order valence-corrected chi connectivity index (χ0v) is 13.4. The highest BCUT2D eigenvalue weighted by molar-refractivity contribution is 7.91. The van der Waals surface area contributed by atoms with Crippen molar-refractivity contribution in [2.24, 2.45) is 0 Å². The molecule has 0 aliphatic rings. The van der Waals surface area contributed by atoms with Crippen molar-refractivity contribution in [3.63, 3.8) is 0 Å². The quantitative estimate of drug-likeness (QED) is 0.674. The number of hydrogen-bond donors (Lipinski definition) is 2. The summed E-state index contributed by atoms with van der Waals surface area (Å²) in [5.41, 5.74) is 0.403. The minimum atomic E-state index is -3.25. The minimum Gasteiger partial charge on any atom is -0.481 e. The molecule has 1 amide bonds. The number of carboxylic acid groups (broad SMARTS) is 1. The Morgan fingerprint density at radius 1 is 1.09 bits per heavy atom. The predicted octanol–water partition coefficient (Wildman–Crippen LogP) is 1.85. The summed E-state index contributed by atoms with van der Waals surface area (Å²) < 4.78 is 23.3. The van der Waals surface area contributed by atoms with Gasteiger partial charge in [0.25, 0.3) is 5.91 Å². The number of nitrogens with one attached hydrogen (secondary N) is 1. The largest absolute Gasteiger partial charge is 0.481 e. The molecule has 1 aromatic rings. The Hall–Kier alpha value is -1.89.